The van der Waals surface area contributed by atoms with Gasteiger partial charge in [0.05, 0.1) is 39.0 Å². The number of nitrogens with zero attached hydrogens (tertiary/aromatic N) is 2. The number of thiazole rings is 1. The Morgan fingerprint density at radius 1 is 1.14 bits per heavy atom. The fraction of sp³-hybridized carbons (Fsp3) is 0.100. The van der Waals surface area contributed by atoms with Crippen molar-refractivity contribution in [3.63, 3.8) is 0 Å². The molecule has 0 bridgehead atoms. The third-order valence-electron chi connectivity index (χ3n) is 4.27. The molecule has 0 saturated heterocycles. The number of imide groups is 1. The molecule has 8 heteroatoms. The lowest BCUT2D eigenvalue weighted by molar-refractivity contribution is -0.115. The molecule has 3 amide bonds. The quantitative estimate of drug-likeness (QED) is 0.656. The van der Waals surface area contributed by atoms with E-state index < -0.39 is 11.8 Å². The van der Waals surface area contributed by atoms with E-state index in [9.17, 15) is 14.4 Å². The van der Waals surface area contributed by atoms with Crippen molar-refractivity contribution in [3.8, 4) is 0 Å². The van der Waals surface area contributed by atoms with Gasteiger partial charge in [-0.25, -0.2) is 9.88 Å². The minimum atomic E-state index is -0.418. The Kier molecular flexibility index (Phi) is 4.70. The maximum atomic E-state index is 12.6. The molecule has 0 spiro atoms. The molecule has 2 heterocycles. The van der Waals surface area contributed by atoms with Gasteiger partial charge in [0.2, 0.25) is 5.91 Å². The Hall–Kier alpha value is -3.03. The SMILES string of the molecule is Cc1nc(CC(=O)Nc2ccc(N3C(=O)c4ccccc4C3=O)c(Cl)c2)cs1. The number of halogens is 1. The second-order valence-corrected chi connectivity index (χ2v) is 7.71. The fourth-order valence-corrected chi connectivity index (χ4v) is 3.91. The number of rotatable bonds is 4. The summed E-state index contributed by atoms with van der Waals surface area (Å²) in [7, 11) is 0. The summed E-state index contributed by atoms with van der Waals surface area (Å²) in [4.78, 5) is 42.7. The maximum absolute atomic E-state index is 12.6. The molecule has 0 atom stereocenters. The first-order valence-electron chi connectivity index (χ1n) is 8.42. The summed E-state index contributed by atoms with van der Waals surface area (Å²) in [5, 5.41) is 5.68. The first-order chi connectivity index (χ1) is 13.4. The number of carbonyl (C=O) groups is 3. The van der Waals surface area contributed by atoms with E-state index >= 15 is 0 Å². The van der Waals surface area contributed by atoms with Gasteiger partial charge in [-0.2, -0.15) is 0 Å². The number of hydrogen-bond donors (Lipinski definition) is 1. The highest BCUT2D eigenvalue weighted by molar-refractivity contribution is 7.09. The van der Waals surface area contributed by atoms with Gasteiger partial charge in [0.15, 0.2) is 0 Å². The third-order valence-corrected chi connectivity index (χ3v) is 5.40. The topological polar surface area (TPSA) is 79.4 Å². The van der Waals surface area contributed by atoms with Crippen molar-refractivity contribution in [1.29, 1.82) is 0 Å². The van der Waals surface area contributed by atoms with E-state index in [-0.39, 0.29) is 23.0 Å². The molecule has 6 nitrogen and oxygen atoms in total. The predicted octanol–water partition coefficient (Wildman–Crippen LogP) is 4.09. The normalized spacial score (nSPS) is 13.0. The van der Waals surface area contributed by atoms with Gasteiger partial charge in [0, 0.05) is 11.1 Å². The van der Waals surface area contributed by atoms with Crippen LogP contribution in [0.4, 0.5) is 11.4 Å². The molecule has 3 aromatic rings. The van der Waals surface area contributed by atoms with Crippen LogP contribution in [-0.4, -0.2) is 22.7 Å². The predicted molar refractivity (Wildman–Crippen MR) is 108 cm³/mol. The Morgan fingerprint density at radius 2 is 1.82 bits per heavy atom. The summed E-state index contributed by atoms with van der Waals surface area (Å²) >= 11 is 7.81. The van der Waals surface area contributed by atoms with Crippen LogP contribution in [0, 0.1) is 6.92 Å². The van der Waals surface area contributed by atoms with E-state index in [4.69, 9.17) is 11.6 Å². The van der Waals surface area contributed by atoms with Gasteiger partial charge in [-0.05, 0) is 37.3 Å². The Labute approximate surface area is 169 Å². The monoisotopic (exact) mass is 411 g/mol. The summed E-state index contributed by atoms with van der Waals surface area (Å²) < 4.78 is 0. The largest absolute Gasteiger partial charge is 0.326 e. The molecule has 0 aliphatic carbocycles. The van der Waals surface area contributed by atoms with Crippen LogP contribution in [0.1, 0.15) is 31.4 Å². The zero-order valence-electron chi connectivity index (χ0n) is 14.7. The van der Waals surface area contributed by atoms with Crippen LogP contribution in [0.15, 0.2) is 47.8 Å². The van der Waals surface area contributed by atoms with Gasteiger partial charge in [-0.3, -0.25) is 14.4 Å². The number of hydrogen-bond acceptors (Lipinski definition) is 5. The molecule has 1 aliphatic rings. The number of nitrogens with one attached hydrogen (secondary N) is 1. The van der Waals surface area contributed by atoms with Crippen LogP contribution in [0.2, 0.25) is 5.02 Å². The smallest absolute Gasteiger partial charge is 0.266 e. The van der Waals surface area contributed by atoms with Crippen LogP contribution in [0.5, 0.6) is 0 Å². The number of carbonyl (C=O) groups excluding carboxylic acids is 3. The molecule has 0 unspecified atom stereocenters. The lowest BCUT2D eigenvalue weighted by atomic mass is 10.1. The Balaban J connectivity index is 1.53. The lowest BCUT2D eigenvalue weighted by Gasteiger charge is -2.16. The van der Waals surface area contributed by atoms with E-state index in [1.165, 1.54) is 17.4 Å². The van der Waals surface area contributed by atoms with Crippen molar-refractivity contribution in [2.24, 2.45) is 0 Å². The van der Waals surface area contributed by atoms with Crippen molar-refractivity contribution < 1.29 is 14.4 Å². The zero-order chi connectivity index (χ0) is 19.8. The summed E-state index contributed by atoms with van der Waals surface area (Å²) in [6.07, 6.45) is 0.155. The number of benzene rings is 2. The van der Waals surface area contributed by atoms with E-state index in [0.29, 0.717) is 22.5 Å². The van der Waals surface area contributed by atoms with Gasteiger partial charge in [0.25, 0.3) is 11.8 Å². The van der Waals surface area contributed by atoms with Gasteiger partial charge < -0.3 is 5.32 Å². The average Bonchev–Trinajstić information content (AvgIpc) is 3.17. The fourth-order valence-electron chi connectivity index (χ4n) is 3.03. The molecule has 1 N–H and O–H groups in total. The second-order valence-electron chi connectivity index (χ2n) is 6.24. The molecular formula is C20H14ClN3O3S. The molecule has 4 rings (SSSR count). The number of aryl methyl sites for hydroxylation is 1. The lowest BCUT2D eigenvalue weighted by Crippen LogP contribution is -2.29. The van der Waals surface area contributed by atoms with Crippen LogP contribution in [0.25, 0.3) is 0 Å². The van der Waals surface area contributed by atoms with Crippen molar-refractivity contribution >= 4 is 52.0 Å². The molecule has 28 heavy (non-hydrogen) atoms. The number of anilines is 2. The number of amides is 3. The van der Waals surface area contributed by atoms with Gasteiger partial charge in [-0.1, -0.05) is 23.7 Å². The zero-order valence-corrected chi connectivity index (χ0v) is 16.3. The van der Waals surface area contributed by atoms with E-state index in [1.807, 2.05) is 12.3 Å². The first kappa shape index (κ1) is 18.3. The highest BCUT2D eigenvalue weighted by Gasteiger charge is 2.37. The molecule has 1 aromatic heterocycles. The summed E-state index contributed by atoms with van der Waals surface area (Å²) in [6, 6.07) is 11.3. The average molecular weight is 412 g/mol. The highest BCUT2D eigenvalue weighted by Crippen LogP contribution is 2.34. The van der Waals surface area contributed by atoms with Crippen molar-refractivity contribution in [2.75, 3.05) is 10.2 Å². The van der Waals surface area contributed by atoms with Crippen LogP contribution in [0.3, 0.4) is 0 Å². The summed E-state index contributed by atoms with van der Waals surface area (Å²) in [5.41, 5.74) is 2.15. The third kappa shape index (κ3) is 3.30. The van der Waals surface area contributed by atoms with Gasteiger partial charge in [0.1, 0.15) is 0 Å². The maximum Gasteiger partial charge on any atom is 0.266 e. The van der Waals surface area contributed by atoms with Crippen molar-refractivity contribution in [2.45, 2.75) is 13.3 Å². The van der Waals surface area contributed by atoms with Crippen LogP contribution in [-0.2, 0) is 11.2 Å². The second kappa shape index (κ2) is 7.18. The molecule has 0 saturated carbocycles. The Morgan fingerprint density at radius 3 is 2.39 bits per heavy atom. The molecule has 2 aromatic carbocycles. The summed E-state index contributed by atoms with van der Waals surface area (Å²) in [5.74, 6) is -1.06. The minimum Gasteiger partial charge on any atom is -0.326 e. The van der Waals surface area contributed by atoms with Crippen molar-refractivity contribution in [1.82, 2.24) is 4.98 Å². The van der Waals surface area contributed by atoms with E-state index in [1.54, 1.807) is 36.4 Å². The van der Waals surface area contributed by atoms with E-state index in [0.717, 1.165) is 9.91 Å². The molecular weight excluding hydrogens is 398 g/mol. The summed E-state index contributed by atoms with van der Waals surface area (Å²) in [6.45, 7) is 1.88. The van der Waals surface area contributed by atoms with Gasteiger partial charge in [-0.15, -0.1) is 11.3 Å². The van der Waals surface area contributed by atoms with Crippen LogP contribution < -0.4 is 10.2 Å². The molecule has 0 fully saturated rings. The molecule has 140 valence electrons. The minimum absolute atomic E-state index is 0.155. The standard InChI is InChI=1S/C20H14ClN3O3S/c1-11-22-13(10-28-11)9-18(25)23-12-6-7-17(16(21)8-12)24-19(26)14-4-2-3-5-15(14)20(24)27/h2-8,10H,9H2,1H3,(H,23,25). The first-order valence-corrected chi connectivity index (χ1v) is 9.68. The molecule has 1 aliphatic heterocycles. The molecule has 0 radical (unpaired) electrons. The highest BCUT2D eigenvalue weighted by atomic mass is 35.5. The van der Waals surface area contributed by atoms with E-state index in [2.05, 4.69) is 10.3 Å². The number of fused-ring (bicyclic) bond motifs is 1. The number of aromatic nitrogens is 1. The van der Waals surface area contributed by atoms with Crippen LogP contribution >= 0.6 is 22.9 Å². The Bertz CT molecular complexity index is 1090. The van der Waals surface area contributed by atoms with Gasteiger partial charge >= 0.3 is 0 Å². The van der Waals surface area contributed by atoms with Crippen molar-refractivity contribution in [3.05, 3.63) is 74.7 Å².